The molecule has 0 aliphatic carbocycles. The SMILES string of the molecule is C=C/C(=C\C=C(/C)S(=O)(=O)N1CCOC2CCCNCC2C1)CNC(=O)c1ccc2nccn2c1. The molecule has 9 nitrogen and oxygen atoms in total. The number of aromatic nitrogens is 2. The van der Waals surface area contributed by atoms with Crippen LogP contribution < -0.4 is 10.6 Å². The topological polar surface area (TPSA) is 105 Å². The standard InChI is InChI=1S/C25H33N5O4S/c1-3-20(15-28-25(31)21-8-9-24-27-11-12-29(24)17-21)7-6-19(2)35(32,33)30-13-14-34-23-5-4-10-26-16-22(23)18-30/h3,6-9,11-12,17,22-23,26H,1,4-5,10,13-16,18H2,2H3,(H,28,31)/b19-6+,20-7+. The summed E-state index contributed by atoms with van der Waals surface area (Å²) in [5.41, 5.74) is 1.96. The Bertz CT molecular complexity index is 1230. The molecule has 2 N–H and O–H groups in total. The summed E-state index contributed by atoms with van der Waals surface area (Å²) < 4.78 is 35.9. The molecule has 2 aromatic rings. The van der Waals surface area contributed by atoms with E-state index in [2.05, 4.69) is 22.2 Å². The largest absolute Gasteiger partial charge is 0.376 e. The minimum absolute atomic E-state index is 0.0971. The second-order valence-corrected chi connectivity index (χ2v) is 11.0. The van der Waals surface area contributed by atoms with E-state index in [1.54, 1.807) is 60.3 Å². The number of hydrogen-bond acceptors (Lipinski definition) is 6. The van der Waals surface area contributed by atoms with Gasteiger partial charge in [-0.3, -0.25) is 4.79 Å². The first-order valence-electron chi connectivity index (χ1n) is 11.9. The van der Waals surface area contributed by atoms with Crippen molar-refractivity contribution in [3.8, 4) is 0 Å². The highest BCUT2D eigenvalue weighted by Gasteiger charge is 2.34. The van der Waals surface area contributed by atoms with Gasteiger partial charge in [0.05, 0.1) is 23.2 Å². The van der Waals surface area contributed by atoms with Crippen molar-refractivity contribution in [2.24, 2.45) is 5.92 Å². The van der Waals surface area contributed by atoms with Gasteiger partial charge in [-0.15, -0.1) is 0 Å². The second-order valence-electron chi connectivity index (χ2n) is 8.89. The number of imidazole rings is 1. The summed E-state index contributed by atoms with van der Waals surface area (Å²) in [5, 5.41) is 6.24. The average Bonchev–Trinajstić information content (AvgIpc) is 3.08. The van der Waals surface area contributed by atoms with Crippen molar-refractivity contribution in [1.29, 1.82) is 0 Å². The van der Waals surface area contributed by atoms with Crippen molar-refractivity contribution in [2.45, 2.75) is 25.9 Å². The van der Waals surface area contributed by atoms with Gasteiger partial charge >= 0.3 is 0 Å². The van der Waals surface area contributed by atoms with E-state index < -0.39 is 10.0 Å². The molecule has 2 fully saturated rings. The molecule has 2 saturated heterocycles. The number of rotatable bonds is 7. The van der Waals surface area contributed by atoms with Crippen molar-refractivity contribution in [3.63, 3.8) is 0 Å². The minimum atomic E-state index is -3.63. The van der Waals surface area contributed by atoms with E-state index in [9.17, 15) is 13.2 Å². The van der Waals surface area contributed by atoms with E-state index in [1.165, 1.54) is 4.31 Å². The summed E-state index contributed by atoms with van der Waals surface area (Å²) in [7, 11) is -3.63. The maximum Gasteiger partial charge on any atom is 0.253 e. The summed E-state index contributed by atoms with van der Waals surface area (Å²) in [6, 6.07) is 3.49. The Balaban J connectivity index is 1.40. The smallest absolute Gasteiger partial charge is 0.253 e. The lowest BCUT2D eigenvalue weighted by Crippen LogP contribution is -2.40. The third-order valence-electron chi connectivity index (χ3n) is 6.53. The number of nitrogens with one attached hydrogen (secondary N) is 2. The molecule has 10 heteroatoms. The molecule has 0 bridgehead atoms. The molecule has 0 aromatic carbocycles. The molecule has 4 heterocycles. The van der Waals surface area contributed by atoms with Crippen molar-refractivity contribution in [2.75, 3.05) is 39.3 Å². The fourth-order valence-electron chi connectivity index (χ4n) is 4.41. The number of allylic oxidation sites excluding steroid dienone is 3. The Morgan fingerprint density at radius 2 is 2.23 bits per heavy atom. The highest BCUT2D eigenvalue weighted by atomic mass is 32.2. The van der Waals surface area contributed by atoms with E-state index in [1.807, 2.05) is 0 Å². The fourth-order valence-corrected chi connectivity index (χ4v) is 5.76. The zero-order valence-electron chi connectivity index (χ0n) is 20.0. The maximum atomic E-state index is 13.3. The van der Waals surface area contributed by atoms with Gasteiger partial charge in [0.1, 0.15) is 5.65 Å². The average molecular weight is 500 g/mol. The normalized spacial score (nSPS) is 22.8. The Kier molecular flexibility index (Phi) is 8.17. The van der Waals surface area contributed by atoms with Gasteiger partial charge in [0.15, 0.2) is 0 Å². The monoisotopic (exact) mass is 499 g/mol. The van der Waals surface area contributed by atoms with Crippen molar-refractivity contribution >= 4 is 21.6 Å². The van der Waals surface area contributed by atoms with Gasteiger partial charge in [0, 0.05) is 50.7 Å². The number of ether oxygens (including phenoxy) is 1. The predicted octanol–water partition coefficient (Wildman–Crippen LogP) is 2.11. The summed E-state index contributed by atoms with van der Waals surface area (Å²) >= 11 is 0. The first kappa shape index (κ1) is 25.3. The van der Waals surface area contributed by atoms with Crippen LogP contribution in [0.25, 0.3) is 5.65 Å². The lowest BCUT2D eigenvalue weighted by Gasteiger charge is -2.25. The van der Waals surface area contributed by atoms with Crippen LogP contribution in [0.4, 0.5) is 0 Å². The summed E-state index contributed by atoms with van der Waals surface area (Å²) in [6.45, 7) is 8.50. The number of amides is 1. The molecular weight excluding hydrogens is 466 g/mol. The van der Waals surface area contributed by atoms with Gasteiger partial charge in [0.2, 0.25) is 10.0 Å². The molecule has 2 aliphatic heterocycles. The molecule has 2 atom stereocenters. The number of carbonyl (C=O) groups excluding carboxylic acids is 1. The van der Waals surface area contributed by atoms with Crippen molar-refractivity contribution < 1.29 is 17.9 Å². The predicted molar refractivity (Wildman–Crippen MR) is 135 cm³/mol. The minimum Gasteiger partial charge on any atom is -0.376 e. The lowest BCUT2D eigenvalue weighted by molar-refractivity contribution is 0.0310. The highest BCUT2D eigenvalue weighted by Crippen LogP contribution is 2.24. The third kappa shape index (κ3) is 6.07. The van der Waals surface area contributed by atoms with Gasteiger partial charge in [-0.25, -0.2) is 13.4 Å². The van der Waals surface area contributed by atoms with E-state index in [0.717, 1.165) is 31.6 Å². The summed E-state index contributed by atoms with van der Waals surface area (Å²) in [4.78, 5) is 17.0. The van der Waals surface area contributed by atoms with Crippen LogP contribution in [0, 0.1) is 5.92 Å². The van der Waals surface area contributed by atoms with Crippen LogP contribution in [0.2, 0.25) is 0 Å². The van der Waals surface area contributed by atoms with Crippen molar-refractivity contribution in [3.05, 3.63) is 71.6 Å². The molecule has 4 rings (SSSR count). The molecule has 0 saturated carbocycles. The number of pyridine rings is 1. The maximum absolute atomic E-state index is 13.3. The number of fused-ring (bicyclic) bond motifs is 2. The Morgan fingerprint density at radius 1 is 1.37 bits per heavy atom. The first-order valence-corrected chi connectivity index (χ1v) is 13.4. The molecule has 2 aromatic heterocycles. The van der Waals surface area contributed by atoms with Crippen LogP contribution in [-0.4, -0.2) is 73.4 Å². The molecule has 0 radical (unpaired) electrons. The highest BCUT2D eigenvalue weighted by molar-refractivity contribution is 7.93. The quantitative estimate of drug-likeness (QED) is 0.566. The zero-order valence-corrected chi connectivity index (χ0v) is 20.8. The number of sulfonamides is 1. The van der Waals surface area contributed by atoms with Gasteiger partial charge in [0.25, 0.3) is 5.91 Å². The van der Waals surface area contributed by atoms with Crippen LogP contribution in [-0.2, 0) is 14.8 Å². The zero-order chi connectivity index (χ0) is 24.8. The molecular formula is C25H33N5O4S. The lowest BCUT2D eigenvalue weighted by atomic mass is 10.00. The molecule has 2 unspecified atom stereocenters. The van der Waals surface area contributed by atoms with Crippen LogP contribution in [0.3, 0.4) is 0 Å². The Labute approximate surface area is 206 Å². The number of nitrogens with zero attached hydrogens (tertiary/aromatic N) is 3. The Morgan fingerprint density at radius 3 is 3.06 bits per heavy atom. The first-order chi connectivity index (χ1) is 16.9. The number of hydrogen-bond donors (Lipinski definition) is 2. The summed E-state index contributed by atoms with van der Waals surface area (Å²) in [5.74, 6) is -0.101. The van der Waals surface area contributed by atoms with E-state index in [-0.39, 0.29) is 29.4 Å². The molecule has 188 valence electrons. The fraction of sp³-hybridized carbons (Fsp3) is 0.440. The van der Waals surface area contributed by atoms with Crippen LogP contribution >= 0.6 is 0 Å². The van der Waals surface area contributed by atoms with Gasteiger partial charge in [-0.2, -0.15) is 4.31 Å². The molecule has 0 spiro atoms. The van der Waals surface area contributed by atoms with E-state index in [0.29, 0.717) is 30.8 Å². The molecule has 1 amide bonds. The molecule has 2 aliphatic rings. The van der Waals surface area contributed by atoms with Crippen LogP contribution in [0.5, 0.6) is 0 Å². The summed E-state index contributed by atoms with van der Waals surface area (Å²) in [6.07, 6.45) is 12.1. The second kappa shape index (κ2) is 11.3. The molecule has 35 heavy (non-hydrogen) atoms. The van der Waals surface area contributed by atoms with Gasteiger partial charge in [-0.05, 0) is 50.1 Å². The van der Waals surface area contributed by atoms with Gasteiger partial charge in [-0.1, -0.05) is 18.7 Å². The van der Waals surface area contributed by atoms with Crippen LogP contribution in [0.15, 0.2) is 66.0 Å². The Hall–Kier alpha value is -2.79. The van der Waals surface area contributed by atoms with Crippen LogP contribution in [0.1, 0.15) is 30.1 Å². The van der Waals surface area contributed by atoms with E-state index >= 15 is 0 Å². The van der Waals surface area contributed by atoms with Gasteiger partial charge < -0.3 is 19.8 Å². The third-order valence-corrected chi connectivity index (χ3v) is 8.49. The van der Waals surface area contributed by atoms with Crippen molar-refractivity contribution in [1.82, 2.24) is 24.3 Å². The van der Waals surface area contributed by atoms with E-state index in [4.69, 9.17) is 4.74 Å². The number of carbonyl (C=O) groups is 1.